The highest BCUT2D eigenvalue weighted by molar-refractivity contribution is 7.09. The first kappa shape index (κ1) is 9.22. The molecule has 0 unspecified atom stereocenters. The molecule has 0 saturated carbocycles. The Morgan fingerprint density at radius 3 is 2.85 bits per heavy atom. The zero-order chi connectivity index (χ0) is 9.10. The summed E-state index contributed by atoms with van der Waals surface area (Å²) in [6, 6.07) is 4.36. The Morgan fingerprint density at radius 1 is 1.46 bits per heavy atom. The van der Waals surface area contributed by atoms with Crippen molar-refractivity contribution >= 4 is 11.3 Å². The first-order valence-electron chi connectivity index (χ1n) is 4.92. The van der Waals surface area contributed by atoms with Gasteiger partial charge in [-0.3, -0.25) is 4.90 Å². The molecule has 2 rings (SSSR count). The third-order valence-corrected chi connectivity index (χ3v) is 3.53. The van der Waals surface area contributed by atoms with E-state index in [4.69, 9.17) is 0 Å². The summed E-state index contributed by atoms with van der Waals surface area (Å²) in [5, 5.41) is 2.16. The summed E-state index contributed by atoms with van der Waals surface area (Å²) in [5.41, 5.74) is 0. The average molecular weight is 194 g/mol. The van der Waals surface area contributed by atoms with E-state index < -0.39 is 0 Å². The van der Waals surface area contributed by atoms with E-state index in [9.17, 15) is 0 Å². The van der Waals surface area contributed by atoms with E-state index in [1.165, 1.54) is 30.8 Å². The van der Waals surface area contributed by atoms with E-state index in [2.05, 4.69) is 29.3 Å². The third-order valence-electron chi connectivity index (χ3n) is 2.67. The lowest BCUT2D eigenvalue weighted by molar-refractivity contribution is 0.196. The number of piperidine rings is 1. The molecule has 1 fully saturated rings. The van der Waals surface area contributed by atoms with Crippen LogP contribution in [-0.4, -0.2) is 18.0 Å². The Bertz CT molecular complexity index is 235. The largest absolute Gasteiger partial charge is 0.298 e. The molecular formula is C11H16NS. The Labute approximate surface area is 84.4 Å². The van der Waals surface area contributed by atoms with Gasteiger partial charge in [0.05, 0.1) is 0 Å². The summed E-state index contributed by atoms with van der Waals surface area (Å²) in [5.74, 6) is 0.694. The van der Waals surface area contributed by atoms with Crippen LogP contribution in [0.5, 0.6) is 0 Å². The lowest BCUT2D eigenvalue weighted by Crippen LogP contribution is -2.32. The second-order valence-corrected chi connectivity index (χ2v) is 4.83. The molecule has 1 radical (unpaired) electrons. The molecule has 1 aromatic rings. The first-order valence-corrected chi connectivity index (χ1v) is 5.80. The van der Waals surface area contributed by atoms with Crippen LogP contribution in [-0.2, 0) is 6.54 Å². The van der Waals surface area contributed by atoms with Gasteiger partial charge in [-0.2, -0.15) is 0 Å². The lowest BCUT2D eigenvalue weighted by atomic mass is 9.99. The van der Waals surface area contributed by atoms with Crippen LogP contribution >= 0.6 is 11.3 Å². The predicted octanol–water partition coefficient (Wildman–Crippen LogP) is 2.79. The standard InChI is InChI=1S/C11H16NS/c1-10-4-6-12(7-5-10)9-11-3-2-8-13-11/h2-3,8,10H,1,4-7,9H2. The van der Waals surface area contributed by atoms with Crippen molar-refractivity contribution in [1.29, 1.82) is 0 Å². The molecule has 2 heteroatoms. The molecule has 1 aliphatic heterocycles. The molecular weight excluding hydrogens is 178 g/mol. The number of thiophene rings is 1. The van der Waals surface area contributed by atoms with Gasteiger partial charge in [-0.1, -0.05) is 13.0 Å². The Balaban J connectivity index is 1.83. The predicted molar refractivity (Wildman–Crippen MR) is 57.7 cm³/mol. The zero-order valence-corrected chi connectivity index (χ0v) is 8.72. The summed E-state index contributed by atoms with van der Waals surface area (Å²) in [7, 11) is 0. The monoisotopic (exact) mass is 194 g/mol. The molecule has 0 amide bonds. The molecule has 13 heavy (non-hydrogen) atoms. The van der Waals surface area contributed by atoms with E-state index >= 15 is 0 Å². The molecule has 2 heterocycles. The fourth-order valence-electron chi connectivity index (χ4n) is 1.77. The fourth-order valence-corrected chi connectivity index (χ4v) is 2.51. The average Bonchev–Trinajstić information content (AvgIpc) is 2.62. The minimum absolute atomic E-state index is 0.694. The maximum atomic E-state index is 4.10. The lowest BCUT2D eigenvalue weighted by Gasteiger charge is -2.29. The summed E-state index contributed by atoms with van der Waals surface area (Å²) in [6.07, 6.45) is 2.54. The molecule has 1 saturated heterocycles. The van der Waals surface area contributed by atoms with Crippen molar-refractivity contribution in [2.45, 2.75) is 19.4 Å². The van der Waals surface area contributed by atoms with Crippen molar-refractivity contribution in [3.05, 3.63) is 29.3 Å². The second-order valence-electron chi connectivity index (χ2n) is 3.80. The van der Waals surface area contributed by atoms with Gasteiger partial charge in [-0.25, -0.2) is 0 Å². The number of nitrogens with zero attached hydrogens (tertiary/aromatic N) is 1. The number of hydrogen-bond donors (Lipinski definition) is 0. The van der Waals surface area contributed by atoms with Crippen LogP contribution in [0.25, 0.3) is 0 Å². The maximum absolute atomic E-state index is 4.10. The molecule has 0 bridgehead atoms. The molecule has 1 aliphatic rings. The summed E-state index contributed by atoms with van der Waals surface area (Å²) < 4.78 is 0. The van der Waals surface area contributed by atoms with Crippen molar-refractivity contribution in [2.75, 3.05) is 13.1 Å². The highest BCUT2D eigenvalue weighted by atomic mass is 32.1. The summed E-state index contributed by atoms with van der Waals surface area (Å²) in [6.45, 7) is 7.70. The van der Waals surface area contributed by atoms with Crippen LogP contribution in [0.3, 0.4) is 0 Å². The third kappa shape index (κ3) is 2.55. The van der Waals surface area contributed by atoms with Crippen LogP contribution in [0, 0.1) is 12.8 Å². The van der Waals surface area contributed by atoms with Gasteiger partial charge in [0, 0.05) is 11.4 Å². The molecule has 0 aliphatic carbocycles. The van der Waals surface area contributed by atoms with E-state index in [1.54, 1.807) is 0 Å². The number of likely N-dealkylation sites (tertiary alicyclic amines) is 1. The zero-order valence-electron chi connectivity index (χ0n) is 7.91. The van der Waals surface area contributed by atoms with Crippen molar-refractivity contribution < 1.29 is 0 Å². The second kappa shape index (κ2) is 4.25. The molecule has 0 aromatic carbocycles. The maximum Gasteiger partial charge on any atom is 0.0327 e. The molecule has 1 nitrogen and oxygen atoms in total. The van der Waals surface area contributed by atoms with Crippen molar-refractivity contribution in [2.24, 2.45) is 5.92 Å². The fraction of sp³-hybridized carbons (Fsp3) is 0.545. The topological polar surface area (TPSA) is 3.24 Å². The number of rotatable bonds is 2. The van der Waals surface area contributed by atoms with Gasteiger partial charge in [-0.05, 0) is 43.3 Å². The number of hydrogen-bond acceptors (Lipinski definition) is 2. The van der Waals surface area contributed by atoms with E-state index in [-0.39, 0.29) is 0 Å². The molecule has 0 atom stereocenters. The van der Waals surface area contributed by atoms with Gasteiger partial charge in [0.25, 0.3) is 0 Å². The normalized spacial score (nSPS) is 20.7. The summed E-state index contributed by atoms with van der Waals surface area (Å²) >= 11 is 1.86. The van der Waals surface area contributed by atoms with Gasteiger partial charge >= 0.3 is 0 Å². The quantitative estimate of drug-likeness (QED) is 0.700. The molecule has 71 valence electrons. The molecule has 1 aromatic heterocycles. The van der Waals surface area contributed by atoms with E-state index in [1.807, 2.05) is 11.3 Å². The Morgan fingerprint density at radius 2 is 2.23 bits per heavy atom. The minimum atomic E-state index is 0.694. The van der Waals surface area contributed by atoms with Crippen molar-refractivity contribution in [3.8, 4) is 0 Å². The molecule has 0 N–H and O–H groups in total. The summed E-state index contributed by atoms with van der Waals surface area (Å²) in [4.78, 5) is 4.02. The Kier molecular flexibility index (Phi) is 3.01. The van der Waals surface area contributed by atoms with Crippen LogP contribution in [0.2, 0.25) is 0 Å². The van der Waals surface area contributed by atoms with Crippen LogP contribution < -0.4 is 0 Å². The van der Waals surface area contributed by atoms with Crippen molar-refractivity contribution in [1.82, 2.24) is 4.90 Å². The van der Waals surface area contributed by atoms with Gasteiger partial charge in [0.1, 0.15) is 0 Å². The first-order chi connectivity index (χ1) is 6.34. The van der Waals surface area contributed by atoms with Crippen LogP contribution in [0.1, 0.15) is 17.7 Å². The Hall–Kier alpha value is -0.340. The smallest absolute Gasteiger partial charge is 0.0327 e. The van der Waals surface area contributed by atoms with Gasteiger partial charge in [0.2, 0.25) is 0 Å². The van der Waals surface area contributed by atoms with E-state index in [0.29, 0.717) is 5.92 Å². The van der Waals surface area contributed by atoms with Crippen LogP contribution in [0.4, 0.5) is 0 Å². The van der Waals surface area contributed by atoms with Crippen molar-refractivity contribution in [3.63, 3.8) is 0 Å². The van der Waals surface area contributed by atoms with E-state index in [0.717, 1.165) is 6.54 Å². The highest BCUT2D eigenvalue weighted by Crippen LogP contribution is 2.19. The molecule has 0 spiro atoms. The minimum Gasteiger partial charge on any atom is -0.298 e. The van der Waals surface area contributed by atoms with Gasteiger partial charge in [0.15, 0.2) is 0 Å². The highest BCUT2D eigenvalue weighted by Gasteiger charge is 2.15. The SMILES string of the molecule is [CH2]C1CCN(Cc2cccs2)CC1. The van der Waals surface area contributed by atoms with Gasteiger partial charge < -0.3 is 0 Å². The van der Waals surface area contributed by atoms with Gasteiger partial charge in [-0.15, -0.1) is 11.3 Å². The van der Waals surface area contributed by atoms with Crippen LogP contribution in [0.15, 0.2) is 17.5 Å².